The van der Waals surface area contributed by atoms with Gasteiger partial charge in [0.05, 0.1) is 12.2 Å². The number of rotatable bonds is 3. The van der Waals surface area contributed by atoms with Crippen molar-refractivity contribution in [1.82, 2.24) is 0 Å². The fourth-order valence-corrected chi connectivity index (χ4v) is 3.87. The molecule has 0 bridgehead atoms. The zero-order valence-corrected chi connectivity index (χ0v) is 12.6. The molecule has 1 fully saturated rings. The summed E-state index contributed by atoms with van der Waals surface area (Å²) in [6.07, 6.45) is 2.79. The molecule has 1 aliphatic carbocycles. The van der Waals surface area contributed by atoms with Crippen molar-refractivity contribution in [3.8, 4) is 5.75 Å². The van der Waals surface area contributed by atoms with Crippen LogP contribution in [0.5, 0.6) is 5.75 Å². The van der Waals surface area contributed by atoms with Gasteiger partial charge >= 0.3 is 0 Å². The minimum atomic E-state index is -0.757. The third kappa shape index (κ3) is 3.11. The van der Waals surface area contributed by atoms with E-state index in [1.807, 2.05) is 31.2 Å². The summed E-state index contributed by atoms with van der Waals surface area (Å²) in [6, 6.07) is 7.93. The molecule has 1 N–H and O–H groups in total. The largest absolute Gasteiger partial charge is 0.493 e. The SMILES string of the molecule is CCOc1ccccc1C1(O)CC(C)CC(C)(C)C1. The molecule has 1 aromatic carbocycles. The first-order valence-corrected chi connectivity index (χ1v) is 7.31. The summed E-state index contributed by atoms with van der Waals surface area (Å²) >= 11 is 0. The number of benzene rings is 1. The maximum Gasteiger partial charge on any atom is 0.125 e. The Morgan fingerprint density at radius 1 is 1.26 bits per heavy atom. The molecule has 2 rings (SSSR count). The van der Waals surface area contributed by atoms with Crippen molar-refractivity contribution >= 4 is 0 Å². The minimum Gasteiger partial charge on any atom is -0.493 e. The van der Waals surface area contributed by atoms with E-state index in [4.69, 9.17) is 4.74 Å². The third-order valence-electron chi connectivity index (χ3n) is 4.05. The van der Waals surface area contributed by atoms with Gasteiger partial charge in [-0.15, -0.1) is 0 Å². The van der Waals surface area contributed by atoms with Gasteiger partial charge < -0.3 is 9.84 Å². The van der Waals surface area contributed by atoms with Crippen LogP contribution >= 0.6 is 0 Å². The lowest BCUT2D eigenvalue weighted by atomic mass is 9.64. The van der Waals surface area contributed by atoms with Gasteiger partial charge in [0.15, 0.2) is 0 Å². The average Bonchev–Trinajstić information content (AvgIpc) is 2.26. The standard InChI is InChI=1S/C17H26O2/c1-5-19-15-9-7-6-8-14(15)17(18)11-13(2)10-16(3,4)12-17/h6-9,13,18H,5,10-12H2,1-4H3. The van der Waals surface area contributed by atoms with Crippen molar-refractivity contribution in [2.75, 3.05) is 6.61 Å². The number of para-hydroxylation sites is 1. The van der Waals surface area contributed by atoms with Gasteiger partial charge in [-0.2, -0.15) is 0 Å². The van der Waals surface area contributed by atoms with Crippen LogP contribution in [0.2, 0.25) is 0 Å². The van der Waals surface area contributed by atoms with Crippen LogP contribution in [0.15, 0.2) is 24.3 Å². The Hall–Kier alpha value is -1.02. The topological polar surface area (TPSA) is 29.5 Å². The van der Waals surface area contributed by atoms with Crippen LogP contribution < -0.4 is 4.74 Å². The second kappa shape index (κ2) is 5.16. The summed E-state index contributed by atoms with van der Waals surface area (Å²) in [6.45, 7) is 9.34. The number of ether oxygens (including phenoxy) is 1. The summed E-state index contributed by atoms with van der Waals surface area (Å²) in [7, 11) is 0. The zero-order chi connectivity index (χ0) is 14.1. The number of hydrogen-bond acceptors (Lipinski definition) is 2. The van der Waals surface area contributed by atoms with E-state index in [1.54, 1.807) is 0 Å². The van der Waals surface area contributed by atoms with Crippen LogP contribution in [-0.4, -0.2) is 11.7 Å². The Balaban J connectivity index is 2.38. The summed E-state index contributed by atoms with van der Waals surface area (Å²) in [5.74, 6) is 1.36. The predicted molar refractivity (Wildman–Crippen MR) is 78.3 cm³/mol. The average molecular weight is 262 g/mol. The van der Waals surface area contributed by atoms with E-state index in [2.05, 4.69) is 20.8 Å². The van der Waals surface area contributed by atoms with Gasteiger partial charge in [0, 0.05) is 5.56 Å². The molecule has 0 amide bonds. The maximum atomic E-state index is 11.2. The lowest BCUT2D eigenvalue weighted by molar-refractivity contribution is -0.0649. The molecule has 1 aliphatic rings. The van der Waals surface area contributed by atoms with Gasteiger partial charge in [-0.05, 0) is 43.6 Å². The molecule has 1 saturated carbocycles. The number of aliphatic hydroxyl groups is 1. The Bertz CT molecular complexity index is 439. The number of hydrogen-bond donors (Lipinski definition) is 1. The minimum absolute atomic E-state index is 0.172. The van der Waals surface area contributed by atoms with E-state index in [-0.39, 0.29) is 5.41 Å². The van der Waals surface area contributed by atoms with Crippen molar-refractivity contribution in [3.05, 3.63) is 29.8 Å². The summed E-state index contributed by atoms with van der Waals surface area (Å²) in [5, 5.41) is 11.2. The molecule has 1 aromatic rings. The molecule has 0 spiro atoms. The summed E-state index contributed by atoms with van der Waals surface area (Å²) < 4.78 is 5.70. The molecule has 2 unspecified atom stereocenters. The molecule has 0 aliphatic heterocycles. The predicted octanol–water partition coefficient (Wildman–Crippen LogP) is 4.12. The monoisotopic (exact) mass is 262 g/mol. The van der Waals surface area contributed by atoms with Crippen molar-refractivity contribution in [2.24, 2.45) is 11.3 Å². The normalized spacial score (nSPS) is 30.1. The van der Waals surface area contributed by atoms with Crippen LogP contribution in [0.1, 0.15) is 52.5 Å². The fourth-order valence-electron chi connectivity index (χ4n) is 3.87. The summed E-state index contributed by atoms with van der Waals surface area (Å²) in [5.41, 5.74) is 0.370. The first-order chi connectivity index (χ1) is 8.86. The molecular formula is C17H26O2. The van der Waals surface area contributed by atoms with Crippen LogP contribution in [0.25, 0.3) is 0 Å². The van der Waals surface area contributed by atoms with Gasteiger partial charge in [-0.25, -0.2) is 0 Å². The Labute approximate surface area is 116 Å². The van der Waals surface area contributed by atoms with Crippen LogP contribution in [-0.2, 0) is 5.60 Å². The second-order valence-corrected chi connectivity index (χ2v) is 6.82. The zero-order valence-electron chi connectivity index (χ0n) is 12.6. The molecule has 19 heavy (non-hydrogen) atoms. The molecule has 106 valence electrons. The molecule has 2 nitrogen and oxygen atoms in total. The summed E-state index contributed by atoms with van der Waals surface area (Å²) in [4.78, 5) is 0. The molecule has 0 saturated heterocycles. The van der Waals surface area contributed by atoms with Gasteiger partial charge in [0.1, 0.15) is 5.75 Å². The highest BCUT2D eigenvalue weighted by Gasteiger charge is 2.43. The first-order valence-electron chi connectivity index (χ1n) is 7.31. The molecule has 2 heteroatoms. The lowest BCUT2D eigenvalue weighted by Gasteiger charge is -2.45. The quantitative estimate of drug-likeness (QED) is 0.888. The van der Waals surface area contributed by atoms with E-state index in [0.29, 0.717) is 12.5 Å². The maximum absolute atomic E-state index is 11.2. The van der Waals surface area contributed by atoms with E-state index >= 15 is 0 Å². The lowest BCUT2D eigenvalue weighted by Crippen LogP contribution is -2.40. The van der Waals surface area contributed by atoms with Crippen molar-refractivity contribution in [3.63, 3.8) is 0 Å². The van der Waals surface area contributed by atoms with Crippen molar-refractivity contribution in [2.45, 2.75) is 52.6 Å². The Morgan fingerprint density at radius 3 is 2.58 bits per heavy atom. The van der Waals surface area contributed by atoms with E-state index in [9.17, 15) is 5.11 Å². The second-order valence-electron chi connectivity index (χ2n) is 6.82. The fraction of sp³-hybridized carbons (Fsp3) is 0.647. The van der Waals surface area contributed by atoms with E-state index in [1.165, 1.54) is 6.42 Å². The van der Waals surface area contributed by atoms with Gasteiger partial charge in [0.2, 0.25) is 0 Å². The highest BCUT2D eigenvalue weighted by atomic mass is 16.5. The molecule has 0 heterocycles. The van der Waals surface area contributed by atoms with E-state index in [0.717, 1.165) is 24.2 Å². The molecule has 0 aromatic heterocycles. The van der Waals surface area contributed by atoms with Gasteiger partial charge in [-0.1, -0.05) is 39.0 Å². The van der Waals surface area contributed by atoms with Gasteiger partial charge in [0.25, 0.3) is 0 Å². The third-order valence-corrected chi connectivity index (χ3v) is 4.05. The molecule has 2 atom stereocenters. The molecular weight excluding hydrogens is 236 g/mol. The smallest absolute Gasteiger partial charge is 0.125 e. The van der Waals surface area contributed by atoms with Crippen LogP contribution in [0, 0.1) is 11.3 Å². The van der Waals surface area contributed by atoms with Crippen LogP contribution in [0.4, 0.5) is 0 Å². The molecule has 0 radical (unpaired) electrons. The van der Waals surface area contributed by atoms with Gasteiger partial charge in [-0.3, -0.25) is 0 Å². The van der Waals surface area contributed by atoms with Crippen molar-refractivity contribution < 1.29 is 9.84 Å². The highest BCUT2D eigenvalue weighted by molar-refractivity contribution is 5.38. The van der Waals surface area contributed by atoms with Crippen molar-refractivity contribution in [1.29, 1.82) is 0 Å². The Morgan fingerprint density at radius 2 is 1.95 bits per heavy atom. The Kier molecular flexibility index (Phi) is 3.91. The first kappa shape index (κ1) is 14.4. The van der Waals surface area contributed by atoms with Crippen LogP contribution in [0.3, 0.4) is 0 Å². The highest BCUT2D eigenvalue weighted by Crippen LogP contribution is 2.50. The van der Waals surface area contributed by atoms with E-state index < -0.39 is 5.60 Å².